The van der Waals surface area contributed by atoms with Crippen molar-refractivity contribution in [1.82, 2.24) is 4.90 Å². The summed E-state index contributed by atoms with van der Waals surface area (Å²) < 4.78 is 11.0. The highest BCUT2D eigenvalue weighted by Gasteiger charge is 2.29. The standard InChI is InChI=1S/C13H23NO3/c1-2-4-11-9-12(15)14(10-11)6-5-13-16-7-3-8-17-13/h11,13H,2-10H2,1H3. The van der Waals surface area contributed by atoms with Crippen LogP contribution in [0, 0.1) is 5.92 Å². The number of carbonyl (C=O) groups excluding carboxylic acids is 1. The molecule has 2 saturated heterocycles. The first-order valence-electron chi connectivity index (χ1n) is 6.80. The van der Waals surface area contributed by atoms with Gasteiger partial charge in [0.15, 0.2) is 6.29 Å². The molecule has 2 fully saturated rings. The average molecular weight is 241 g/mol. The second kappa shape index (κ2) is 6.36. The third kappa shape index (κ3) is 3.68. The van der Waals surface area contributed by atoms with E-state index in [1.807, 2.05) is 4.90 Å². The predicted octanol–water partition coefficient (Wildman–Crippen LogP) is 1.79. The number of ether oxygens (including phenoxy) is 2. The fourth-order valence-corrected chi connectivity index (χ4v) is 2.64. The third-order valence-corrected chi connectivity index (χ3v) is 3.52. The first-order chi connectivity index (χ1) is 8.29. The van der Waals surface area contributed by atoms with Crippen LogP contribution >= 0.6 is 0 Å². The summed E-state index contributed by atoms with van der Waals surface area (Å²) in [6, 6.07) is 0. The zero-order chi connectivity index (χ0) is 12.1. The van der Waals surface area contributed by atoms with E-state index in [1.54, 1.807) is 0 Å². The van der Waals surface area contributed by atoms with Gasteiger partial charge in [-0.25, -0.2) is 0 Å². The molecule has 0 aliphatic carbocycles. The van der Waals surface area contributed by atoms with Crippen LogP contribution in [-0.2, 0) is 14.3 Å². The summed E-state index contributed by atoms with van der Waals surface area (Å²) in [7, 11) is 0. The fraction of sp³-hybridized carbons (Fsp3) is 0.923. The van der Waals surface area contributed by atoms with E-state index in [4.69, 9.17) is 9.47 Å². The molecule has 0 radical (unpaired) electrons. The Hall–Kier alpha value is -0.610. The summed E-state index contributed by atoms with van der Waals surface area (Å²) in [6.45, 7) is 5.47. The van der Waals surface area contributed by atoms with E-state index >= 15 is 0 Å². The average Bonchev–Trinajstić information content (AvgIpc) is 2.69. The van der Waals surface area contributed by atoms with Crippen molar-refractivity contribution in [1.29, 1.82) is 0 Å². The topological polar surface area (TPSA) is 38.8 Å². The number of nitrogens with zero attached hydrogens (tertiary/aromatic N) is 1. The molecule has 0 spiro atoms. The maximum Gasteiger partial charge on any atom is 0.222 e. The van der Waals surface area contributed by atoms with Crippen molar-refractivity contribution in [2.45, 2.75) is 45.3 Å². The van der Waals surface area contributed by atoms with Gasteiger partial charge < -0.3 is 14.4 Å². The summed E-state index contributed by atoms with van der Waals surface area (Å²) in [5.74, 6) is 0.875. The van der Waals surface area contributed by atoms with Gasteiger partial charge in [-0.3, -0.25) is 4.79 Å². The zero-order valence-corrected chi connectivity index (χ0v) is 10.7. The summed E-state index contributed by atoms with van der Waals surface area (Å²) in [5, 5.41) is 0. The van der Waals surface area contributed by atoms with Crippen molar-refractivity contribution in [3.05, 3.63) is 0 Å². The normalized spacial score (nSPS) is 26.8. The Balaban J connectivity index is 1.69. The molecule has 2 aliphatic heterocycles. The quantitative estimate of drug-likeness (QED) is 0.736. The molecule has 1 unspecified atom stereocenters. The number of hydrogen-bond acceptors (Lipinski definition) is 3. The van der Waals surface area contributed by atoms with Gasteiger partial charge in [0.1, 0.15) is 0 Å². The molecule has 2 aliphatic rings. The molecule has 4 heteroatoms. The Bertz CT molecular complexity index is 251. The molecule has 2 rings (SSSR count). The molecule has 0 bridgehead atoms. The molecule has 1 atom stereocenters. The monoisotopic (exact) mass is 241 g/mol. The first-order valence-corrected chi connectivity index (χ1v) is 6.80. The van der Waals surface area contributed by atoms with Gasteiger partial charge in [0.05, 0.1) is 13.2 Å². The highest BCUT2D eigenvalue weighted by Crippen LogP contribution is 2.22. The maximum atomic E-state index is 11.8. The van der Waals surface area contributed by atoms with Crippen molar-refractivity contribution >= 4 is 5.91 Å². The van der Waals surface area contributed by atoms with Crippen LogP contribution in [0.15, 0.2) is 0 Å². The molecular formula is C13H23NO3. The van der Waals surface area contributed by atoms with Crippen LogP contribution in [0.25, 0.3) is 0 Å². The van der Waals surface area contributed by atoms with Crippen LogP contribution < -0.4 is 0 Å². The minimum absolute atomic E-state index is 0.0956. The molecule has 98 valence electrons. The Labute approximate surface area is 103 Å². The molecule has 0 N–H and O–H groups in total. The molecule has 4 nitrogen and oxygen atoms in total. The van der Waals surface area contributed by atoms with Gasteiger partial charge >= 0.3 is 0 Å². The van der Waals surface area contributed by atoms with Gasteiger partial charge in [-0.15, -0.1) is 0 Å². The number of likely N-dealkylation sites (tertiary alicyclic amines) is 1. The second-order valence-electron chi connectivity index (χ2n) is 5.01. The van der Waals surface area contributed by atoms with Gasteiger partial charge in [0.2, 0.25) is 5.91 Å². The summed E-state index contributed by atoms with van der Waals surface area (Å²) in [5.41, 5.74) is 0. The highest BCUT2D eigenvalue weighted by atomic mass is 16.7. The van der Waals surface area contributed by atoms with Crippen LogP contribution in [0.3, 0.4) is 0 Å². The highest BCUT2D eigenvalue weighted by molar-refractivity contribution is 5.78. The fourth-order valence-electron chi connectivity index (χ4n) is 2.64. The van der Waals surface area contributed by atoms with E-state index in [0.29, 0.717) is 11.8 Å². The lowest BCUT2D eigenvalue weighted by molar-refractivity contribution is -0.182. The van der Waals surface area contributed by atoms with Crippen molar-refractivity contribution in [3.63, 3.8) is 0 Å². The van der Waals surface area contributed by atoms with Crippen LogP contribution in [0.4, 0.5) is 0 Å². The Morgan fingerprint density at radius 3 is 2.76 bits per heavy atom. The van der Waals surface area contributed by atoms with Crippen molar-refractivity contribution in [2.24, 2.45) is 5.92 Å². The summed E-state index contributed by atoms with van der Waals surface area (Å²) in [4.78, 5) is 13.8. The van der Waals surface area contributed by atoms with Crippen LogP contribution in [0.1, 0.15) is 39.0 Å². The van der Waals surface area contributed by atoms with Crippen molar-refractivity contribution < 1.29 is 14.3 Å². The van der Waals surface area contributed by atoms with Gasteiger partial charge in [-0.2, -0.15) is 0 Å². The maximum absolute atomic E-state index is 11.8. The van der Waals surface area contributed by atoms with E-state index < -0.39 is 0 Å². The number of amides is 1. The second-order valence-corrected chi connectivity index (χ2v) is 5.01. The van der Waals surface area contributed by atoms with Crippen LogP contribution in [0.5, 0.6) is 0 Å². The minimum Gasteiger partial charge on any atom is -0.353 e. The Kier molecular flexibility index (Phi) is 4.80. The lowest BCUT2D eigenvalue weighted by atomic mass is 10.0. The van der Waals surface area contributed by atoms with E-state index in [1.165, 1.54) is 12.8 Å². The Morgan fingerprint density at radius 1 is 1.29 bits per heavy atom. The number of carbonyl (C=O) groups is 1. The molecule has 0 saturated carbocycles. The van der Waals surface area contributed by atoms with Crippen LogP contribution in [0.2, 0.25) is 0 Å². The van der Waals surface area contributed by atoms with E-state index in [9.17, 15) is 4.79 Å². The number of rotatable bonds is 5. The minimum atomic E-state index is -0.0956. The summed E-state index contributed by atoms with van der Waals surface area (Å²) >= 11 is 0. The number of hydrogen-bond donors (Lipinski definition) is 0. The molecular weight excluding hydrogens is 218 g/mol. The van der Waals surface area contributed by atoms with Gasteiger partial charge in [-0.1, -0.05) is 13.3 Å². The van der Waals surface area contributed by atoms with Crippen molar-refractivity contribution in [2.75, 3.05) is 26.3 Å². The predicted molar refractivity (Wildman–Crippen MR) is 64.5 cm³/mol. The van der Waals surface area contributed by atoms with Crippen LogP contribution in [-0.4, -0.2) is 43.4 Å². The zero-order valence-electron chi connectivity index (χ0n) is 10.7. The third-order valence-electron chi connectivity index (χ3n) is 3.52. The molecule has 0 aromatic heterocycles. The lowest BCUT2D eigenvalue weighted by Gasteiger charge is -2.25. The van der Waals surface area contributed by atoms with E-state index in [2.05, 4.69) is 6.92 Å². The Morgan fingerprint density at radius 2 is 2.06 bits per heavy atom. The van der Waals surface area contributed by atoms with E-state index in [0.717, 1.165) is 45.6 Å². The molecule has 0 aromatic rings. The van der Waals surface area contributed by atoms with E-state index in [-0.39, 0.29) is 6.29 Å². The smallest absolute Gasteiger partial charge is 0.222 e. The molecule has 1 amide bonds. The molecule has 17 heavy (non-hydrogen) atoms. The largest absolute Gasteiger partial charge is 0.353 e. The molecule has 2 heterocycles. The summed E-state index contributed by atoms with van der Waals surface area (Å²) in [6.07, 6.45) is 4.77. The lowest BCUT2D eigenvalue weighted by Crippen LogP contribution is -2.32. The van der Waals surface area contributed by atoms with Crippen molar-refractivity contribution in [3.8, 4) is 0 Å². The van der Waals surface area contributed by atoms with Gasteiger partial charge in [0.25, 0.3) is 0 Å². The SMILES string of the molecule is CCCC1CC(=O)N(CCC2OCCCO2)C1. The first kappa shape index (κ1) is 12.8. The molecule has 0 aromatic carbocycles. The van der Waals surface area contributed by atoms with Gasteiger partial charge in [0, 0.05) is 25.9 Å². The van der Waals surface area contributed by atoms with Gasteiger partial charge in [-0.05, 0) is 18.8 Å².